The number of fused-ring (bicyclic) bond motifs is 2. The quantitative estimate of drug-likeness (QED) is 0.686. The summed E-state index contributed by atoms with van der Waals surface area (Å²) in [6, 6.07) is 3.93. The van der Waals surface area contributed by atoms with Crippen molar-refractivity contribution in [2.24, 2.45) is 0 Å². The van der Waals surface area contributed by atoms with Crippen molar-refractivity contribution in [3.8, 4) is 11.5 Å². The SMILES string of the molecule is C=C1C(=C)C(C)OCc2cc3c(cc21)OCO3. The van der Waals surface area contributed by atoms with E-state index in [4.69, 9.17) is 14.2 Å². The van der Waals surface area contributed by atoms with Crippen LogP contribution in [0.25, 0.3) is 5.57 Å². The van der Waals surface area contributed by atoms with Crippen molar-refractivity contribution in [3.63, 3.8) is 0 Å². The minimum Gasteiger partial charge on any atom is -0.454 e. The Balaban J connectivity index is 2.13. The van der Waals surface area contributed by atoms with E-state index in [-0.39, 0.29) is 12.9 Å². The molecule has 88 valence electrons. The average Bonchev–Trinajstić information content (AvgIpc) is 2.76. The first kappa shape index (κ1) is 10.4. The maximum atomic E-state index is 5.71. The number of hydrogen-bond donors (Lipinski definition) is 0. The molecule has 0 N–H and O–H groups in total. The van der Waals surface area contributed by atoms with Crippen LogP contribution in [0.4, 0.5) is 0 Å². The zero-order valence-corrected chi connectivity index (χ0v) is 9.79. The molecule has 0 bridgehead atoms. The Morgan fingerprint density at radius 2 is 1.88 bits per heavy atom. The van der Waals surface area contributed by atoms with Crippen LogP contribution < -0.4 is 9.47 Å². The third-order valence-electron chi connectivity index (χ3n) is 3.29. The van der Waals surface area contributed by atoms with Gasteiger partial charge in [0.25, 0.3) is 0 Å². The number of hydrogen-bond acceptors (Lipinski definition) is 3. The molecule has 2 heterocycles. The van der Waals surface area contributed by atoms with Crippen LogP contribution in [0.2, 0.25) is 0 Å². The molecule has 0 saturated carbocycles. The van der Waals surface area contributed by atoms with E-state index < -0.39 is 0 Å². The third kappa shape index (κ3) is 1.54. The standard InChI is InChI=1S/C14H14O3/c1-8-9(2)12-5-14-13(16-7-17-14)4-11(12)6-15-10(8)3/h4-5,10H,1-2,6-7H2,3H3. The monoisotopic (exact) mass is 230 g/mol. The predicted octanol–water partition coefficient (Wildman–Crippen LogP) is 2.90. The maximum Gasteiger partial charge on any atom is 0.231 e. The molecule has 1 aromatic rings. The van der Waals surface area contributed by atoms with E-state index in [0.717, 1.165) is 33.8 Å². The van der Waals surface area contributed by atoms with E-state index >= 15 is 0 Å². The maximum absolute atomic E-state index is 5.71. The molecule has 2 aliphatic heterocycles. The Labute approximate surface area is 100 Å². The number of ether oxygens (including phenoxy) is 3. The molecule has 0 spiro atoms. The molecule has 17 heavy (non-hydrogen) atoms. The van der Waals surface area contributed by atoms with Crippen LogP contribution in [0.15, 0.2) is 30.9 Å². The Morgan fingerprint density at radius 1 is 1.18 bits per heavy atom. The molecule has 1 atom stereocenters. The van der Waals surface area contributed by atoms with Gasteiger partial charge in [-0.25, -0.2) is 0 Å². The predicted molar refractivity (Wildman–Crippen MR) is 65.0 cm³/mol. The number of benzene rings is 1. The summed E-state index contributed by atoms with van der Waals surface area (Å²) in [5, 5.41) is 0. The van der Waals surface area contributed by atoms with Crippen molar-refractivity contribution in [2.75, 3.05) is 6.79 Å². The Bertz CT molecular complexity index is 516. The van der Waals surface area contributed by atoms with E-state index in [1.54, 1.807) is 0 Å². The molecular formula is C14H14O3. The van der Waals surface area contributed by atoms with Crippen LogP contribution in [0.3, 0.4) is 0 Å². The first-order valence-corrected chi connectivity index (χ1v) is 5.59. The van der Waals surface area contributed by atoms with Gasteiger partial charge in [0.2, 0.25) is 6.79 Å². The first-order chi connectivity index (χ1) is 8.16. The molecule has 3 rings (SSSR count). The van der Waals surface area contributed by atoms with Gasteiger partial charge >= 0.3 is 0 Å². The van der Waals surface area contributed by atoms with Crippen molar-refractivity contribution in [2.45, 2.75) is 19.6 Å². The largest absolute Gasteiger partial charge is 0.454 e. The van der Waals surface area contributed by atoms with Gasteiger partial charge in [-0.3, -0.25) is 0 Å². The highest BCUT2D eigenvalue weighted by atomic mass is 16.7. The average molecular weight is 230 g/mol. The van der Waals surface area contributed by atoms with E-state index in [0.29, 0.717) is 6.61 Å². The molecule has 1 unspecified atom stereocenters. The van der Waals surface area contributed by atoms with Crippen LogP contribution in [0.1, 0.15) is 18.1 Å². The normalized spacial score (nSPS) is 22.3. The topological polar surface area (TPSA) is 27.7 Å². The van der Waals surface area contributed by atoms with Crippen LogP contribution in [-0.2, 0) is 11.3 Å². The molecule has 0 radical (unpaired) electrons. The highest BCUT2D eigenvalue weighted by Gasteiger charge is 2.24. The Morgan fingerprint density at radius 3 is 2.65 bits per heavy atom. The van der Waals surface area contributed by atoms with Crippen molar-refractivity contribution in [1.82, 2.24) is 0 Å². The van der Waals surface area contributed by atoms with Crippen molar-refractivity contribution in [1.29, 1.82) is 0 Å². The Kier molecular flexibility index (Phi) is 2.23. The zero-order valence-electron chi connectivity index (χ0n) is 9.79. The minimum absolute atomic E-state index is 0.00780. The van der Waals surface area contributed by atoms with Gasteiger partial charge in [-0.05, 0) is 41.3 Å². The van der Waals surface area contributed by atoms with Crippen LogP contribution in [0.5, 0.6) is 11.5 Å². The van der Waals surface area contributed by atoms with Gasteiger partial charge < -0.3 is 14.2 Å². The van der Waals surface area contributed by atoms with Crippen LogP contribution >= 0.6 is 0 Å². The Hall–Kier alpha value is -1.74. The van der Waals surface area contributed by atoms with Gasteiger partial charge in [0.15, 0.2) is 11.5 Å². The van der Waals surface area contributed by atoms with Gasteiger partial charge in [-0.15, -0.1) is 0 Å². The fourth-order valence-corrected chi connectivity index (χ4v) is 2.12. The molecule has 0 fully saturated rings. The molecule has 0 saturated heterocycles. The molecule has 3 heteroatoms. The summed E-state index contributed by atoms with van der Waals surface area (Å²) in [5.74, 6) is 1.55. The van der Waals surface area contributed by atoms with Crippen molar-refractivity contribution >= 4 is 5.57 Å². The second kappa shape index (κ2) is 3.64. The second-order valence-electron chi connectivity index (χ2n) is 4.32. The molecule has 2 aliphatic rings. The smallest absolute Gasteiger partial charge is 0.231 e. The summed E-state index contributed by atoms with van der Waals surface area (Å²) in [6.07, 6.45) is -0.00780. The summed E-state index contributed by atoms with van der Waals surface area (Å²) in [7, 11) is 0. The molecule has 3 nitrogen and oxygen atoms in total. The highest BCUT2D eigenvalue weighted by molar-refractivity contribution is 5.81. The van der Waals surface area contributed by atoms with E-state index in [1.807, 2.05) is 19.1 Å². The van der Waals surface area contributed by atoms with Gasteiger partial charge in [0.05, 0.1) is 12.7 Å². The van der Waals surface area contributed by atoms with E-state index in [9.17, 15) is 0 Å². The molecular weight excluding hydrogens is 216 g/mol. The van der Waals surface area contributed by atoms with Crippen LogP contribution in [0, 0.1) is 0 Å². The van der Waals surface area contributed by atoms with Crippen LogP contribution in [-0.4, -0.2) is 12.9 Å². The van der Waals surface area contributed by atoms with Gasteiger partial charge in [-0.1, -0.05) is 13.2 Å². The lowest BCUT2D eigenvalue weighted by atomic mass is 9.94. The summed E-state index contributed by atoms with van der Waals surface area (Å²) >= 11 is 0. The van der Waals surface area contributed by atoms with Gasteiger partial charge in [0.1, 0.15) is 0 Å². The third-order valence-corrected chi connectivity index (χ3v) is 3.29. The van der Waals surface area contributed by atoms with Gasteiger partial charge in [-0.2, -0.15) is 0 Å². The molecule has 0 aromatic heterocycles. The summed E-state index contributed by atoms with van der Waals surface area (Å²) in [6.45, 7) is 10.9. The van der Waals surface area contributed by atoms with Gasteiger partial charge in [0, 0.05) is 0 Å². The highest BCUT2D eigenvalue weighted by Crippen LogP contribution is 2.40. The fraction of sp³-hybridized carbons (Fsp3) is 0.286. The second-order valence-corrected chi connectivity index (χ2v) is 4.32. The lowest BCUT2D eigenvalue weighted by Gasteiger charge is -2.12. The molecule has 1 aromatic carbocycles. The van der Waals surface area contributed by atoms with E-state index in [2.05, 4.69) is 13.2 Å². The summed E-state index contributed by atoms with van der Waals surface area (Å²) in [5.41, 5.74) is 3.96. The summed E-state index contributed by atoms with van der Waals surface area (Å²) in [4.78, 5) is 0. The fourth-order valence-electron chi connectivity index (χ4n) is 2.12. The van der Waals surface area contributed by atoms with Crippen molar-refractivity contribution in [3.05, 3.63) is 42.0 Å². The lowest BCUT2D eigenvalue weighted by Crippen LogP contribution is -2.07. The van der Waals surface area contributed by atoms with Crippen molar-refractivity contribution < 1.29 is 14.2 Å². The van der Waals surface area contributed by atoms with E-state index in [1.165, 1.54) is 0 Å². The lowest BCUT2D eigenvalue weighted by molar-refractivity contribution is 0.0818. The molecule has 0 aliphatic carbocycles. The minimum atomic E-state index is -0.00780. The summed E-state index contributed by atoms with van der Waals surface area (Å²) < 4.78 is 16.5. The first-order valence-electron chi connectivity index (χ1n) is 5.59. The molecule has 0 amide bonds. The zero-order chi connectivity index (χ0) is 12.0. The number of rotatable bonds is 0.